The summed E-state index contributed by atoms with van der Waals surface area (Å²) >= 11 is 1.07. The van der Waals surface area contributed by atoms with E-state index in [-0.39, 0.29) is 41.8 Å². The van der Waals surface area contributed by atoms with E-state index in [1.165, 1.54) is 19.2 Å². The minimum absolute atomic E-state index is 0.0237. The van der Waals surface area contributed by atoms with Gasteiger partial charge in [-0.2, -0.15) is 13.5 Å². The average Bonchev–Trinajstić information content (AvgIpc) is 3.46. The lowest BCUT2D eigenvalue weighted by molar-refractivity contribution is -0.218. The highest BCUT2D eigenvalue weighted by molar-refractivity contribution is 7.80. The summed E-state index contributed by atoms with van der Waals surface area (Å²) < 4.78 is 41.3. The first-order valence-electron chi connectivity index (χ1n) is 15.0. The Morgan fingerprint density at radius 3 is 2.62 bits per heavy atom. The van der Waals surface area contributed by atoms with Crippen LogP contribution in [-0.2, 0) is 42.1 Å². The molecular formula is C28H39N9O8S2. The maximum Gasteiger partial charge on any atom is 0.418 e. The number of carbonyl (C=O) groups is 2. The van der Waals surface area contributed by atoms with Gasteiger partial charge in [0.1, 0.15) is 24.1 Å². The number of nitrogens with two attached hydrogens (primary N) is 3. The molecule has 3 aliphatic rings. The molecule has 2 aromatic rings. The monoisotopic (exact) mass is 693 g/mol. The maximum absolute atomic E-state index is 13.1. The summed E-state index contributed by atoms with van der Waals surface area (Å²) in [5, 5.41) is 8.53. The van der Waals surface area contributed by atoms with Crippen LogP contribution in [0.3, 0.4) is 0 Å². The highest BCUT2D eigenvalue weighted by Crippen LogP contribution is 2.33. The van der Waals surface area contributed by atoms with Crippen LogP contribution in [0.4, 0.5) is 5.13 Å². The van der Waals surface area contributed by atoms with Crippen LogP contribution in [0.25, 0.3) is 0 Å². The number of guanidine groups is 1. The number of anilines is 1. The fourth-order valence-corrected chi connectivity index (χ4v) is 6.64. The van der Waals surface area contributed by atoms with Gasteiger partial charge in [-0.05, 0) is 69.2 Å². The predicted octanol–water partition coefficient (Wildman–Crippen LogP) is 0.308. The van der Waals surface area contributed by atoms with Gasteiger partial charge in [-0.1, -0.05) is 11.2 Å². The van der Waals surface area contributed by atoms with Gasteiger partial charge >= 0.3 is 10.4 Å². The number of nitrogens with one attached hydrogen (secondary N) is 1. The second-order valence-electron chi connectivity index (χ2n) is 12.0. The Bertz CT molecular complexity index is 1650. The summed E-state index contributed by atoms with van der Waals surface area (Å²) in [6.45, 7) is 4.37. The number of β-lactam (4-membered cyclic amide) rings is 1. The van der Waals surface area contributed by atoms with Gasteiger partial charge in [-0.25, -0.2) is 9.98 Å². The Morgan fingerprint density at radius 2 is 1.96 bits per heavy atom. The van der Waals surface area contributed by atoms with Gasteiger partial charge < -0.3 is 37.0 Å². The number of thiazole rings is 1. The van der Waals surface area contributed by atoms with Crippen LogP contribution in [0, 0.1) is 0 Å². The second kappa shape index (κ2) is 14.0. The van der Waals surface area contributed by atoms with Crippen molar-refractivity contribution in [2.24, 2.45) is 21.6 Å². The number of aromatic nitrogens is 1. The number of fused-ring (bicyclic) bond motifs is 1. The number of nitrogen functional groups attached to an aromatic ring is 1. The summed E-state index contributed by atoms with van der Waals surface area (Å²) in [7, 11) is -4.95. The Morgan fingerprint density at radius 1 is 1.21 bits per heavy atom. The van der Waals surface area contributed by atoms with Crippen molar-refractivity contribution in [3.8, 4) is 5.75 Å². The van der Waals surface area contributed by atoms with Gasteiger partial charge in [0, 0.05) is 24.5 Å². The van der Waals surface area contributed by atoms with Gasteiger partial charge in [0.25, 0.3) is 11.8 Å². The number of benzene rings is 1. The van der Waals surface area contributed by atoms with E-state index in [0.717, 1.165) is 61.1 Å². The number of rotatable bonds is 11. The van der Waals surface area contributed by atoms with Crippen molar-refractivity contribution in [1.29, 1.82) is 0 Å². The zero-order valence-electron chi connectivity index (χ0n) is 26.0. The largest absolute Gasteiger partial charge is 0.490 e. The fraction of sp³-hybridized carbons (Fsp3) is 0.536. The number of ether oxygens (including phenoxy) is 1. The first kappa shape index (κ1) is 34.3. The number of hydroxylamine groups is 2. The van der Waals surface area contributed by atoms with E-state index < -0.39 is 33.8 Å². The topological polar surface area (TPSA) is 250 Å². The normalized spacial score (nSPS) is 23.1. The van der Waals surface area contributed by atoms with Gasteiger partial charge in [0.15, 0.2) is 23.4 Å². The van der Waals surface area contributed by atoms with Crippen LogP contribution in [0.5, 0.6) is 5.75 Å². The van der Waals surface area contributed by atoms with Crippen LogP contribution >= 0.6 is 11.3 Å². The van der Waals surface area contributed by atoms with Crippen LogP contribution in [0.15, 0.2) is 33.7 Å². The Balaban J connectivity index is 1.14. The number of carbonyl (C=O) groups excluding carboxylic acids is 2. The molecule has 47 heavy (non-hydrogen) atoms. The molecular weight excluding hydrogens is 654 g/mol. The molecule has 1 saturated heterocycles. The van der Waals surface area contributed by atoms with Crippen molar-refractivity contribution in [2.45, 2.75) is 76.2 Å². The van der Waals surface area contributed by atoms with E-state index in [1.54, 1.807) is 0 Å². The van der Waals surface area contributed by atoms with Crippen molar-refractivity contribution in [3.63, 3.8) is 0 Å². The molecule has 1 aliphatic carbocycles. The molecule has 2 fully saturated rings. The summed E-state index contributed by atoms with van der Waals surface area (Å²) in [4.78, 5) is 41.9. The molecule has 5 rings (SSSR count). The highest BCUT2D eigenvalue weighted by Gasteiger charge is 2.58. The molecule has 17 nitrogen and oxygen atoms in total. The molecule has 0 spiro atoms. The molecule has 1 aromatic carbocycles. The van der Waals surface area contributed by atoms with E-state index in [2.05, 4.69) is 24.6 Å². The van der Waals surface area contributed by atoms with Crippen molar-refractivity contribution >= 4 is 50.4 Å². The molecule has 1 atom stereocenters. The molecule has 0 bridgehead atoms. The summed E-state index contributed by atoms with van der Waals surface area (Å²) in [6, 6.07) is 5.14. The van der Waals surface area contributed by atoms with Crippen molar-refractivity contribution < 1.29 is 36.4 Å². The van der Waals surface area contributed by atoms with Gasteiger partial charge in [0.05, 0.1) is 11.6 Å². The lowest BCUT2D eigenvalue weighted by Gasteiger charge is -2.50. The first-order valence-corrected chi connectivity index (χ1v) is 17.3. The SMILES string of the molecule is CC1(C)C(NC(=O)/C(=N\OCCOc2ccc3c(c2)CCN(C(N)=NC2CCC(N)CC2)C3)c2csc(N)n2)C(=O)N1OS(=O)(=O)O. The molecule has 1 saturated carbocycles. The van der Waals surface area contributed by atoms with Gasteiger partial charge in [-0.15, -0.1) is 15.6 Å². The zero-order chi connectivity index (χ0) is 33.9. The third-order valence-electron chi connectivity index (χ3n) is 8.27. The van der Waals surface area contributed by atoms with E-state index in [4.69, 9.17) is 36.3 Å². The third-order valence-corrected chi connectivity index (χ3v) is 9.28. The fourth-order valence-electron chi connectivity index (χ4n) is 5.64. The van der Waals surface area contributed by atoms with Crippen LogP contribution < -0.4 is 27.3 Å². The van der Waals surface area contributed by atoms with Gasteiger partial charge in [-0.3, -0.25) is 14.1 Å². The molecule has 0 radical (unpaired) electrons. The average molecular weight is 694 g/mol. The molecule has 1 aromatic heterocycles. The maximum atomic E-state index is 13.1. The quantitative estimate of drug-likeness (QED) is 0.0531. The molecule has 2 amide bonds. The number of oxime groups is 1. The number of nitrogens with zero attached hydrogens (tertiary/aromatic N) is 5. The minimum Gasteiger partial charge on any atom is -0.490 e. The third kappa shape index (κ3) is 8.28. The number of aliphatic imine (C=N–C) groups is 1. The van der Waals surface area contributed by atoms with E-state index in [9.17, 15) is 18.0 Å². The molecule has 8 N–H and O–H groups in total. The Hall–Kier alpha value is -4.04. The van der Waals surface area contributed by atoms with Crippen LogP contribution in [0.1, 0.15) is 56.4 Å². The lowest BCUT2D eigenvalue weighted by atomic mass is 9.84. The second-order valence-corrected chi connectivity index (χ2v) is 13.9. The summed E-state index contributed by atoms with van der Waals surface area (Å²) in [6.07, 6.45) is 4.66. The van der Waals surface area contributed by atoms with E-state index in [1.807, 2.05) is 18.2 Å². The molecule has 256 valence electrons. The smallest absolute Gasteiger partial charge is 0.418 e. The lowest BCUT2D eigenvalue weighted by Crippen LogP contribution is -2.76. The summed E-state index contributed by atoms with van der Waals surface area (Å²) in [5.41, 5.74) is 18.9. The number of hydrogen-bond donors (Lipinski definition) is 5. The van der Waals surface area contributed by atoms with Crippen LogP contribution in [0.2, 0.25) is 0 Å². The van der Waals surface area contributed by atoms with Crippen LogP contribution in [-0.4, -0.2) is 94.8 Å². The van der Waals surface area contributed by atoms with Crippen molar-refractivity contribution in [2.75, 3.05) is 25.5 Å². The molecule has 1 unspecified atom stereocenters. The predicted molar refractivity (Wildman–Crippen MR) is 172 cm³/mol. The molecule has 19 heteroatoms. The van der Waals surface area contributed by atoms with Crippen molar-refractivity contribution in [3.05, 3.63) is 40.4 Å². The van der Waals surface area contributed by atoms with E-state index in [0.29, 0.717) is 23.3 Å². The number of hydrogen-bond acceptors (Lipinski definition) is 13. The number of amides is 2. The van der Waals surface area contributed by atoms with Gasteiger partial charge in [0.2, 0.25) is 0 Å². The Labute approximate surface area is 276 Å². The molecule has 3 heterocycles. The van der Waals surface area contributed by atoms with E-state index >= 15 is 0 Å². The first-order chi connectivity index (χ1) is 22.2. The summed E-state index contributed by atoms with van der Waals surface area (Å²) in [5.74, 6) is -0.505. The molecule has 2 aliphatic heterocycles. The highest BCUT2D eigenvalue weighted by atomic mass is 32.3. The minimum atomic E-state index is -4.95. The Kier molecular flexibility index (Phi) is 10.2. The zero-order valence-corrected chi connectivity index (χ0v) is 27.6. The standard InChI is InChI=1S/C28H39N9O8S2/c1-28(2)23(25(39)37(28)45-47(40,41)42)34-24(38)22(21-15-46-27(31)33-21)35-44-12-11-43-20-8-3-17-14-36(10-9-16(17)13-20)26(30)32-19-6-4-18(29)5-7-19/h3,8,13,15,18-19,23H,4-7,9-12,14,29H2,1-2H3,(H2,30,32)(H2,31,33)(H,34,38)(H,40,41,42)/b35-22-. The van der Waals surface area contributed by atoms with Crippen molar-refractivity contribution in [1.82, 2.24) is 20.3 Å².